The molecule has 0 saturated carbocycles. The quantitative estimate of drug-likeness (QED) is 0.876. The highest BCUT2D eigenvalue weighted by atomic mass is 35.5. The van der Waals surface area contributed by atoms with Crippen LogP contribution in [0.1, 0.15) is 0 Å². The zero-order chi connectivity index (χ0) is 15.4. The molecular weight excluding hydrogens is 321 g/mol. The monoisotopic (exact) mass is 330 g/mol. The van der Waals surface area contributed by atoms with Crippen LogP contribution in [0, 0.1) is 11.6 Å². The number of nitrogens with one attached hydrogen (secondary N) is 2. The maximum absolute atomic E-state index is 13.6. The summed E-state index contributed by atoms with van der Waals surface area (Å²) in [4.78, 5) is 11.7. The maximum atomic E-state index is 13.6. The van der Waals surface area contributed by atoms with Gasteiger partial charge in [-0.15, -0.1) is 0 Å². The molecule has 2 N–H and O–H groups in total. The van der Waals surface area contributed by atoms with Crippen LogP contribution in [0.3, 0.4) is 0 Å². The van der Waals surface area contributed by atoms with Crippen LogP contribution in [0.5, 0.6) is 0 Å². The van der Waals surface area contributed by atoms with Gasteiger partial charge in [0, 0.05) is 5.02 Å². The second-order valence-corrected chi connectivity index (χ2v) is 4.97. The summed E-state index contributed by atoms with van der Waals surface area (Å²) in [6, 6.07) is 8.16. The maximum Gasteiger partial charge on any atom is 0.243 e. The number of carbonyl (C=O) groups excluding carboxylic acids is 1. The van der Waals surface area contributed by atoms with E-state index >= 15 is 0 Å². The summed E-state index contributed by atoms with van der Waals surface area (Å²) in [5, 5.41) is 5.12. The fraction of sp³-hybridized carbons (Fsp3) is 0.0714. The first kappa shape index (κ1) is 15.5. The fourth-order valence-corrected chi connectivity index (χ4v) is 2.17. The number of benzene rings is 2. The molecule has 110 valence electrons. The second-order valence-electron chi connectivity index (χ2n) is 4.13. The third-order valence-electron chi connectivity index (χ3n) is 2.58. The minimum atomic E-state index is -0.675. The van der Waals surface area contributed by atoms with Gasteiger partial charge in [0.1, 0.15) is 11.6 Å². The highest BCUT2D eigenvalue weighted by molar-refractivity contribution is 6.36. The van der Waals surface area contributed by atoms with Crippen LogP contribution in [0.15, 0.2) is 36.4 Å². The highest BCUT2D eigenvalue weighted by Crippen LogP contribution is 2.28. The Morgan fingerprint density at radius 3 is 2.48 bits per heavy atom. The van der Waals surface area contributed by atoms with Crippen molar-refractivity contribution in [3.63, 3.8) is 0 Å². The molecule has 0 bridgehead atoms. The molecule has 0 radical (unpaired) electrons. The average Bonchev–Trinajstić information content (AvgIpc) is 2.40. The highest BCUT2D eigenvalue weighted by Gasteiger charge is 2.11. The smallest absolute Gasteiger partial charge is 0.243 e. The molecule has 21 heavy (non-hydrogen) atoms. The van der Waals surface area contributed by atoms with Crippen molar-refractivity contribution in [2.75, 3.05) is 17.2 Å². The molecule has 1 amide bonds. The summed E-state index contributed by atoms with van der Waals surface area (Å²) in [6.45, 7) is -0.271. The lowest BCUT2D eigenvalue weighted by atomic mass is 10.3. The molecule has 7 heteroatoms. The van der Waals surface area contributed by atoms with E-state index in [1.165, 1.54) is 24.3 Å². The first-order chi connectivity index (χ1) is 9.97. The Balaban J connectivity index is 2.01. The van der Waals surface area contributed by atoms with Crippen LogP contribution in [0.2, 0.25) is 10.0 Å². The number of anilines is 2. The van der Waals surface area contributed by atoms with Gasteiger partial charge in [0.25, 0.3) is 0 Å². The van der Waals surface area contributed by atoms with Crippen LogP contribution in [0.4, 0.5) is 20.2 Å². The van der Waals surface area contributed by atoms with Crippen LogP contribution in [-0.4, -0.2) is 12.5 Å². The zero-order valence-corrected chi connectivity index (χ0v) is 12.1. The molecule has 2 aromatic rings. The first-order valence-electron chi connectivity index (χ1n) is 5.90. The van der Waals surface area contributed by atoms with Gasteiger partial charge in [-0.3, -0.25) is 4.79 Å². The predicted octanol–water partition coefficient (Wildman–Crippen LogP) is 4.32. The van der Waals surface area contributed by atoms with Crippen LogP contribution in [-0.2, 0) is 4.79 Å². The van der Waals surface area contributed by atoms with Crippen molar-refractivity contribution in [3.05, 3.63) is 58.1 Å². The van der Waals surface area contributed by atoms with Gasteiger partial charge in [-0.25, -0.2) is 8.78 Å². The van der Waals surface area contributed by atoms with Gasteiger partial charge in [-0.05, 0) is 24.3 Å². The molecule has 0 aliphatic rings. The molecule has 3 nitrogen and oxygen atoms in total. The normalized spacial score (nSPS) is 10.3. The SMILES string of the molecule is O=C(CNc1c(F)cc(Cl)cc1Cl)Nc1ccccc1F. The summed E-state index contributed by atoms with van der Waals surface area (Å²) in [6.07, 6.45) is 0. The van der Waals surface area contributed by atoms with Gasteiger partial charge >= 0.3 is 0 Å². The summed E-state index contributed by atoms with van der Waals surface area (Å²) in [7, 11) is 0. The van der Waals surface area contributed by atoms with Crippen molar-refractivity contribution in [2.45, 2.75) is 0 Å². The van der Waals surface area contributed by atoms with Crippen molar-refractivity contribution in [3.8, 4) is 0 Å². The van der Waals surface area contributed by atoms with Gasteiger partial charge in [0.15, 0.2) is 0 Å². The number of carbonyl (C=O) groups is 1. The molecule has 0 aliphatic carbocycles. The second kappa shape index (κ2) is 6.74. The topological polar surface area (TPSA) is 41.1 Å². The predicted molar refractivity (Wildman–Crippen MR) is 79.9 cm³/mol. The Morgan fingerprint density at radius 2 is 1.81 bits per heavy atom. The molecular formula is C14H10Cl2F2N2O. The van der Waals surface area contributed by atoms with Crippen LogP contribution < -0.4 is 10.6 Å². The zero-order valence-electron chi connectivity index (χ0n) is 10.6. The van der Waals surface area contributed by atoms with E-state index in [9.17, 15) is 13.6 Å². The first-order valence-corrected chi connectivity index (χ1v) is 6.66. The van der Waals surface area contributed by atoms with E-state index in [-0.39, 0.29) is 28.0 Å². The van der Waals surface area contributed by atoms with Crippen LogP contribution >= 0.6 is 23.2 Å². The molecule has 0 unspecified atom stereocenters. The van der Waals surface area contributed by atoms with Crippen LogP contribution in [0.25, 0.3) is 0 Å². The number of hydrogen-bond donors (Lipinski definition) is 2. The Hall–Kier alpha value is -1.85. The number of para-hydroxylation sites is 1. The van der Waals surface area contributed by atoms with E-state index in [0.717, 1.165) is 6.07 Å². The third kappa shape index (κ3) is 4.06. The lowest BCUT2D eigenvalue weighted by molar-refractivity contribution is -0.114. The minimum absolute atomic E-state index is 0.0373. The standard InChI is InChI=1S/C14H10Cl2F2N2O/c15-8-5-9(16)14(11(18)6-8)19-7-13(21)20-12-4-2-1-3-10(12)17/h1-6,19H,7H2,(H,20,21). The van der Waals surface area contributed by atoms with E-state index in [0.29, 0.717) is 0 Å². The summed E-state index contributed by atoms with van der Waals surface area (Å²) >= 11 is 11.5. The molecule has 2 rings (SSSR count). The van der Waals surface area contributed by atoms with Gasteiger partial charge in [0.05, 0.1) is 22.9 Å². The average molecular weight is 331 g/mol. The Labute approximate surface area is 129 Å². The molecule has 0 aromatic heterocycles. The molecule has 0 saturated heterocycles. The van der Waals surface area contributed by atoms with Crippen molar-refractivity contribution in [1.29, 1.82) is 0 Å². The third-order valence-corrected chi connectivity index (χ3v) is 3.10. The van der Waals surface area contributed by atoms with Crippen molar-refractivity contribution >= 4 is 40.5 Å². The lowest BCUT2D eigenvalue weighted by Crippen LogP contribution is -2.22. The van der Waals surface area contributed by atoms with Gasteiger partial charge in [-0.1, -0.05) is 35.3 Å². The van der Waals surface area contributed by atoms with Gasteiger partial charge < -0.3 is 10.6 Å². The number of amides is 1. The summed E-state index contributed by atoms with van der Waals surface area (Å²) < 4.78 is 27.0. The molecule has 2 aromatic carbocycles. The molecule has 0 spiro atoms. The van der Waals surface area contributed by atoms with E-state index in [1.54, 1.807) is 6.07 Å². The van der Waals surface area contributed by atoms with E-state index in [4.69, 9.17) is 23.2 Å². The van der Waals surface area contributed by atoms with Crippen molar-refractivity contribution in [1.82, 2.24) is 0 Å². The van der Waals surface area contributed by atoms with Gasteiger partial charge in [-0.2, -0.15) is 0 Å². The summed E-state index contributed by atoms with van der Waals surface area (Å²) in [5.74, 6) is -1.77. The molecule has 0 atom stereocenters. The Bertz CT molecular complexity index is 657. The minimum Gasteiger partial charge on any atom is -0.373 e. The number of hydrogen-bond acceptors (Lipinski definition) is 2. The molecule has 0 aliphatic heterocycles. The molecule has 0 heterocycles. The van der Waals surface area contributed by atoms with E-state index in [2.05, 4.69) is 10.6 Å². The largest absolute Gasteiger partial charge is 0.373 e. The van der Waals surface area contributed by atoms with E-state index in [1.807, 2.05) is 0 Å². The Morgan fingerprint density at radius 1 is 1.10 bits per heavy atom. The Kier molecular flexibility index (Phi) is 4.98. The molecule has 0 fully saturated rings. The van der Waals surface area contributed by atoms with Crippen molar-refractivity contribution < 1.29 is 13.6 Å². The fourth-order valence-electron chi connectivity index (χ4n) is 1.64. The van der Waals surface area contributed by atoms with Gasteiger partial charge in [0.2, 0.25) is 5.91 Å². The van der Waals surface area contributed by atoms with E-state index < -0.39 is 17.5 Å². The number of rotatable bonds is 4. The lowest BCUT2D eigenvalue weighted by Gasteiger charge is -2.10. The summed E-state index contributed by atoms with van der Waals surface area (Å²) in [5.41, 5.74) is 0.0109. The number of halogens is 4. The van der Waals surface area contributed by atoms with Crippen molar-refractivity contribution in [2.24, 2.45) is 0 Å².